The Balaban J connectivity index is 1.47. The molecule has 2 amide bonds. The zero-order valence-electron chi connectivity index (χ0n) is 27.7. The molecular weight excluding hydrogens is 729 g/mol. The predicted molar refractivity (Wildman–Crippen MR) is 197 cm³/mol. The zero-order valence-corrected chi connectivity index (χ0v) is 30.8. The van der Waals surface area contributed by atoms with E-state index >= 15 is 13.2 Å². The van der Waals surface area contributed by atoms with Crippen LogP contribution >= 0.6 is 23.2 Å². The van der Waals surface area contributed by atoms with Crippen LogP contribution in [-0.2, 0) is 34.8 Å². The summed E-state index contributed by atoms with van der Waals surface area (Å²) >= 11 is 12.3. The molecule has 1 fully saturated rings. The fraction of sp³-hybridized carbons (Fsp3) is 0.263. The topological polar surface area (TPSA) is 112 Å². The molecule has 4 atom stereocenters. The van der Waals surface area contributed by atoms with E-state index in [2.05, 4.69) is 0 Å². The highest BCUT2D eigenvalue weighted by Crippen LogP contribution is 2.61. The summed E-state index contributed by atoms with van der Waals surface area (Å²) in [5, 5.41) is -0.851. The summed E-state index contributed by atoms with van der Waals surface area (Å²) in [6.07, 6.45) is 0.898. The summed E-state index contributed by atoms with van der Waals surface area (Å²) in [4.78, 5) is 34.1. The van der Waals surface area contributed by atoms with Crippen molar-refractivity contribution >= 4 is 66.1 Å². The van der Waals surface area contributed by atoms with Crippen LogP contribution in [0.2, 0.25) is 10.0 Å². The first-order valence-electron chi connectivity index (χ1n) is 16.5. The summed E-state index contributed by atoms with van der Waals surface area (Å²) in [5.74, 6) is -3.47. The molecule has 0 aromatic heterocycles. The number of anilines is 2. The van der Waals surface area contributed by atoms with Crippen LogP contribution in [0.5, 0.6) is 0 Å². The molecule has 0 bridgehead atoms. The molecule has 51 heavy (non-hydrogen) atoms. The molecule has 4 aromatic rings. The van der Waals surface area contributed by atoms with Crippen LogP contribution in [0, 0.1) is 5.92 Å². The third-order valence-electron chi connectivity index (χ3n) is 10.9. The summed E-state index contributed by atoms with van der Waals surface area (Å²) in [7, 11) is -5.37. The van der Waals surface area contributed by atoms with Crippen molar-refractivity contribution in [2.75, 3.05) is 36.2 Å². The van der Waals surface area contributed by atoms with E-state index in [0.717, 1.165) is 5.56 Å². The van der Waals surface area contributed by atoms with Gasteiger partial charge in [0.05, 0.1) is 21.5 Å². The number of rotatable bonds is 6. The number of carbonyl (C=O) groups excluding carboxylic acids is 2. The number of hydrogen-bond acceptors (Lipinski definition) is 7. The van der Waals surface area contributed by atoms with Gasteiger partial charge in [0.2, 0.25) is 5.91 Å². The summed E-state index contributed by atoms with van der Waals surface area (Å²) in [6.45, 7) is 0.273. The molecule has 8 rings (SSSR count). The molecule has 1 saturated heterocycles. The van der Waals surface area contributed by atoms with Crippen molar-refractivity contribution in [3.05, 3.63) is 130 Å². The van der Waals surface area contributed by atoms with Crippen molar-refractivity contribution < 1.29 is 26.4 Å². The van der Waals surface area contributed by atoms with Gasteiger partial charge in [0.1, 0.15) is 5.25 Å². The second kappa shape index (κ2) is 11.9. The van der Waals surface area contributed by atoms with Crippen molar-refractivity contribution in [2.24, 2.45) is 5.92 Å². The minimum Gasteiger partial charge on any atom is -0.355 e. The third-order valence-corrected chi connectivity index (χ3v) is 15.4. The van der Waals surface area contributed by atoms with Crippen LogP contribution in [0.3, 0.4) is 0 Å². The molecule has 4 aromatic carbocycles. The smallest absolute Gasteiger partial charge is 0.257 e. The number of hydrogen-bond donors (Lipinski definition) is 0. The Kier molecular flexibility index (Phi) is 7.95. The molecule has 0 N–H and O–H groups in total. The first-order valence-corrected chi connectivity index (χ1v) is 20.5. The average molecular weight is 763 g/mol. The summed E-state index contributed by atoms with van der Waals surface area (Å²) in [5.41, 5.74) is 1.71. The molecule has 13 heteroatoms. The van der Waals surface area contributed by atoms with Crippen LogP contribution in [0.15, 0.2) is 118 Å². The first kappa shape index (κ1) is 34.0. The van der Waals surface area contributed by atoms with Crippen LogP contribution < -0.4 is 9.80 Å². The number of carbonyl (C=O) groups is 2. The maximum absolute atomic E-state index is 15.3. The lowest BCUT2D eigenvalue weighted by Gasteiger charge is -2.42. The van der Waals surface area contributed by atoms with Gasteiger partial charge in [0.15, 0.2) is 25.2 Å². The molecule has 4 aliphatic rings. The SMILES string of the molecule is CN1C(=O)[C@@H](C2=C3[C@@H](S(=O)(=O)c4ccc(Cl)cc4)[C@H](CS(=O)(=O)c4ccc(Cl)cc4)[C@]4(C(=O)N(C)c5ccccc54)N3CCC2)c2ccccc21. The number of nitrogens with zero attached hydrogens (tertiary/aromatic N) is 3. The predicted octanol–water partition coefficient (Wildman–Crippen LogP) is 6.22. The average Bonchev–Trinajstić information content (AvgIpc) is 3.64. The molecule has 0 aliphatic carbocycles. The maximum Gasteiger partial charge on any atom is 0.257 e. The monoisotopic (exact) mass is 761 g/mol. The van der Waals surface area contributed by atoms with E-state index in [-0.39, 0.29) is 22.2 Å². The second-order valence-electron chi connectivity index (χ2n) is 13.5. The normalized spacial score (nSPS) is 24.4. The van der Waals surface area contributed by atoms with Gasteiger partial charge in [0, 0.05) is 59.2 Å². The van der Waals surface area contributed by atoms with Gasteiger partial charge in [-0.05, 0) is 84.6 Å². The van der Waals surface area contributed by atoms with E-state index in [4.69, 9.17) is 23.2 Å². The molecule has 4 heterocycles. The number of amides is 2. The largest absolute Gasteiger partial charge is 0.355 e. The molecular formula is C38H33Cl2N3O6S2. The van der Waals surface area contributed by atoms with E-state index in [1.807, 2.05) is 29.2 Å². The molecule has 0 unspecified atom stereocenters. The lowest BCUT2D eigenvalue weighted by Crippen LogP contribution is -2.54. The summed E-state index contributed by atoms with van der Waals surface area (Å²) in [6, 6.07) is 26.0. The lowest BCUT2D eigenvalue weighted by atomic mass is 9.80. The number of halogens is 2. The van der Waals surface area contributed by atoms with E-state index < -0.39 is 54.0 Å². The van der Waals surface area contributed by atoms with Crippen LogP contribution in [0.4, 0.5) is 11.4 Å². The Morgan fingerprint density at radius 2 is 1.33 bits per heavy atom. The van der Waals surface area contributed by atoms with Crippen molar-refractivity contribution in [2.45, 2.75) is 39.3 Å². The van der Waals surface area contributed by atoms with E-state index in [9.17, 15) is 13.2 Å². The van der Waals surface area contributed by atoms with Gasteiger partial charge in [-0.1, -0.05) is 59.6 Å². The first-order chi connectivity index (χ1) is 24.3. The zero-order chi connectivity index (χ0) is 36.0. The Bertz CT molecular complexity index is 2380. The van der Waals surface area contributed by atoms with Gasteiger partial charge in [-0.15, -0.1) is 0 Å². The number of benzene rings is 4. The number of para-hydroxylation sites is 2. The Labute approximate surface area is 306 Å². The summed E-state index contributed by atoms with van der Waals surface area (Å²) < 4.78 is 59.7. The van der Waals surface area contributed by atoms with Gasteiger partial charge in [-0.3, -0.25) is 9.59 Å². The highest BCUT2D eigenvalue weighted by Gasteiger charge is 2.70. The lowest BCUT2D eigenvalue weighted by molar-refractivity contribution is -0.129. The minimum atomic E-state index is -4.45. The van der Waals surface area contributed by atoms with E-state index in [1.165, 1.54) is 53.4 Å². The highest BCUT2D eigenvalue weighted by molar-refractivity contribution is 7.93. The Morgan fingerprint density at radius 1 is 0.745 bits per heavy atom. The molecule has 4 aliphatic heterocycles. The van der Waals surface area contributed by atoms with Gasteiger partial charge in [0.25, 0.3) is 5.91 Å². The van der Waals surface area contributed by atoms with Crippen molar-refractivity contribution in [3.63, 3.8) is 0 Å². The van der Waals surface area contributed by atoms with Gasteiger partial charge >= 0.3 is 0 Å². The maximum atomic E-state index is 15.3. The van der Waals surface area contributed by atoms with Crippen molar-refractivity contribution in [3.8, 4) is 0 Å². The van der Waals surface area contributed by atoms with Gasteiger partial charge in [-0.25, -0.2) is 16.8 Å². The second-order valence-corrected chi connectivity index (χ2v) is 18.4. The van der Waals surface area contributed by atoms with Crippen LogP contribution in [-0.4, -0.2) is 65.2 Å². The molecule has 0 radical (unpaired) electrons. The van der Waals surface area contributed by atoms with Gasteiger partial charge in [-0.2, -0.15) is 0 Å². The van der Waals surface area contributed by atoms with Crippen LogP contribution in [0.1, 0.15) is 29.9 Å². The van der Waals surface area contributed by atoms with E-state index in [0.29, 0.717) is 51.1 Å². The standard InChI is InChI=1S/C38H33Cl2N3O6S2/c1-41-31-11-5-3-8-27(31)33(36(41)44)28-9-7-21-43-34(28)35(51(48,49)26-19-15-24(40)16-20-26)30(22-50(46,47)25-17-13-23(39)14-18-25)38(43)29-10-4-6-12-32(29)42(2)37(38)45/h3-6,8,10-20,30,33,35H,7,9,21-22H2,1-2H3/t30-,33+,35-,38+/m0/s1. The number of likely N-dealkylation sites (N-methyl/N-ethyl adjacent to an activating group) is 2. The number of fused-ring (bicyclic) bond motifs is 5. The highest BCUT2D eigenvalue weighted by atomic mass is 35.5. The Hall–Kier alpha value is -4.16. The number of sulfone groups is 2. The molecule has 9 nitrogen and oxygen atoms in total. The fourth-order valence-corrected chi connectivity index (χ4v) is 12.9. The Morgan fingerprint density at radius 3 is 2.00 bits per heavy atom. The third kappa shape index (κ3) is 4.85. The quantitative estimate of drug-likeness (QED) is 0.229. The molecule has 262 valence electrons. The van der Waals surface area contributed by atoms with Crippen LogP contribution in [0.25, 0.3) is 0 Å². The molecule has 0 saturated carbocycles. The fourth-order valence-electron chi connectivity index (χ4n) is 8.78. The molecule has 1 spiro atoms. The van der Waals surface area contributed by atoms with Gasteiger partial charge < -0.3 is 14.7 Å². The van der Waals surface area contributed by atoms with E-state index in [1.54, 1.807) is 43.3 Å². The van der Waals surface area contributed by atoms with Crippen molar-refractivity contribution in [1.82, 2.24) is 4.90 Å². The minimum absolute atomic E-state index is 0.0441. The van der Waals surface area contributed by atoms with Crippen molar-refractivity contribution in [1.29, 1.82) is 0 Å².